The van der Waals surface area contributed by atoms with Crippen LogP contribution in [0.3, 0.4) is 0 Å². The minimum atomic E-state index is -0.215. The summed E-state index contributed by atoms with van der Waals surface area (Å²) in [5, 5.41) is 16.6. The summed E-state index contributed by atoms with van der Waals surface area (Å²) in [6, 6.07) is 9.61. The van der Waals surface area contributed by atoms with E-state index in [0.29, 0.717) is 29.6 Å². The van der Waals surface area contributed by atoms with Gasteiger partial charge in [0.2, 0.25) is 5.91 Å². The van der Waals surface area contributed by atoms with Crippen molar-refractivity contribution >= 4 is 17.5 Å². The number of ether oxygens (including phenoxy) is 2. The summed E-state index contributed by atoms with van der Waals surface area (Å²) in [4.78, 5) is 15.0. The van der Waals surface area contributed by atoms with Gasteiger partial charge in [0.15, 0.2) is 23.1 Å². The van der Waals surface area contributed by atoms with E-state index < -0.39 is 0 Å². The number of hydrogen-bond acceptors (Lipinski definition) is 7. The highest BCUT2D eigenvalue weighted by Gasteiger charge is 2.35. The van der Waals surface area contributed by atoms with E-state index in [2.05, 4.69) is 20.4 Å². The molecule has 2 aliphatic rings. The van der Waals surface area contributed by atoms with Crippen LogP contribution in [0.25, 0.3) is 5.82 Å². The Hall–Kier alpha value is -3.62. The Morgan fingerprint density at radius 3 is 2.45 bits per heavy atom. The number of hydrogen-bond donors (Lipinski definition) is 1. The summed E-state index contributed by atoms with van der Waals surface area (Å²) in [6.45, 7) is 3.96. The Morgan fingerprint density at radius 1 is 1.00 bits per heavy atom. The van der Waals surface area contributed by atoms with E-state index in [0.717, 1.165) is 35.7 Å². The van der Waals surface area contributed by atoms with Gasteiger partial charge in [0.05, 0.1) is 19.9 Å². The zero-order valence-electron chi connectivity index (χ0n) is 19.2. The van der Waals surface area contributed by atoms with Crippen LogP contribution in [-0.2, 0) is 4.79 Å². The van der Waals surface area contributed by atoms with E-state index in [-0.39, 0.29) is 11.8 Å². The van der Waals surface area contributed by atoms with E-state index >= 15 is 0 Å². The molecule has 0 bridgehead atoms. The Balaban J connectivity index is 1.55. The Morgan fingerprint density at radius 2 is 1.76 bits per heavy atom. The minimum Gasteiger partial charge on any atom is -0.493 e. The van der Waals surface area contributed by atoms with Crippen molar-refractivity contribution in [2.24, 2.45) is 0 Å². The Kier molecular flexibility index (Phi) is 5.62. The van der Waals surface area contributed by atoms with Gasteiger partial charge in [-0.2, -0.15) is 9.78 Å². The van der Waals surface area contributed by atoms with Crippen molar-refractivity contribution < 1.29 is 14.3 Å². The first kappa shape index (κ1) is 21.2. The van der Waals surface area contributed by atoms with Crippen molar-refractivity contribution in [2.45, 2.75) is 38.5 Å². The monoisotopic (exact) mass is 448 g/mol. The molecule has 4 heterocycles. The standard InChI is InChI=1S/C24H28N6O3/c1-15-22-17(16-8-7-9-18(32-2)23(16)33-3)14-21(31)25-24(22)30(28-15)20-11-10-19(26-27-20)29-12-5-4-6-13-29/h7-11,17H,4-6,12-14H2,1-3H3,(H,25,31). The van der Waals surface area contributed by atoms with Crippen LogP contribution < -0.4 is 19.7 Å². The van der Waals surface area contributed by atoms with Crippen molar-refractivity contribution in [3.63, 3.8) is 0 Å². The molecule has 0 spiro atoms. The van der Waals surface area contributed by atoms with Gasteiger partial charge in [-0.25, -0.2) is 0 Å². The summed E-state index contributed by atoms with van der Waals surface area (Å²) in [5.74, 6) is 3.02. The van der Waals surface area contributed by atoms with Crippen LogP contribution in [-0.4, -0.2) is 53.2 Å². The molecule has 1 aromatic carbocycles. The molecule has 5 rings (SSSR count). The number of rotatable bonds is 5. The lowest BCUT2D eigenvalue weighted by molar-refractivity contribution is -0.116. The fourth-order valence-corrected chi connectivity index (χ4v) is 4.89. The topological polar surface area (TPSA) is 94.4 Å². The molecule has 1 saturated heterocycles. The van der Waals surface area contributed by atoms with Gasteiger partial charge in [-0.15, -0.1) is 10.2 Å². The highest BCUT2D eigenvalue weighted by atomic mass is 16.5. The number of benzene rings is 1. The lowest BCUT2D eigenvalue weighted by Gasteiger charge is -2.27. The normalized spacial score (nSPS) is 18.0. The molecule has 0 aliphatic carbocycles. The minimum absolute atomic E-state index is 0.0866. The fourth-order valence-electron chi connectivity index (χ4n) is 4.89. The number of amides is 1. The smallest absolute Gasteiger partial charge is 0.226 e. The van der Waals surface area contributed by atoms with Gasteiger partial charge in [-0.05, 0) is 44.4 Å². The van der Waals surface area contributed by atoms with Crippen LogP contribution in [0.4, 0.5) is 11.6 Å². The van der Waals surface area contributed by atoms with Gasteiger partial charge in [0, 0.05) is 36.6 Å². The number of aryl methyl sites for hydroxylation is 1. The number of piperidine rings is 1. The number of anilines is 2. The summed E-state index contributed by atoms with van der Waals surface area (Å²) in [6.07, 6.45) is 3.91. The molecule has 2 aromatic heterocycles. The SMILES string of the molecule is COc1cccc(C2CC(=O)Nc3c2c(C)nn3-c2ccc(N3CCCCC3)nn2)c1OC. The first-order valence-corrected chi connectivity index (χ1v) is 11.3. The Bertz CT molecular complexity index is 1170. The molecule has 9 nitrogen and oxygen atoms in total. The summed E-state index contributed by atoms with van der Waals surface area (Å²) in [7, 11) is 3.22. The number of carbonyl (C=O) groups is 1. The first-order chi connectivity index (χ1) is 16.1. The van der Waals surface area contributed by atoms with Crippen LogP contribution in [0, 0.1) is 6.92 Å². The number of methoxy groups -OCH3 is 2. The van der Waals surface area contributed by atoms with Crippen LogP contribution >= 0.6 is 0 Å². The predicted octanol–water partition coefficient (Wildman–Crippen LogP) is 3.45. The average molecular weight is 449 g/mol. The molecule has 33 heavy (non-hydrogen) atoms. The van der Waals surface area contributed by atoms with Gasteiger partial charge >= 0.3 is 0 Å². The largest absolute Gasteiger partial charge is 0.493 e. The lowest BCUT2D eigenvalue weighted by Crippen LogP contribution is -2.30. The van der Waals surface area contributed by atoms with E-state index in [1.54, 1.807) is 18.9 Å². The maximum Gasteiger partial charge on any atom is 0.226 e. The molecule has 9 heteroatoms. The number of nitrogens with zero attached hydrogens (tertiary/aromatic N) is 5. The van der Waals surface area contributed by atoms with Crippen molar-refractivity contribution in [2.75, 3.05) is 37.5 Å². The second kappa shape index (κ2) is 8.73. The molecule has 3 aromatic rings. The van der Waals surface area contributed by atoms with Gasteiger partial charge in [-0.3, -0.25) is 4.79 Å². The van der Waals surface area contributed by atoms with Gasteiger partial charge < -0.3 is 19.7 Å². The van der Waals surface area contributed by atoms with E-state index in [1.165, 1.54) is 19.3 Å². The highest BCUT2D eigenvalue weighted by molar-refractivity contribution is 5.95. The number of fused-ring (bicyclic) bond motifs is 1. The molecule has 1 amide bonds. The second-order valence-corrected chi connectivity index (χ2v) is 8.44. The number of nitrogens with one attached hydrogen (secondary N) is 1. The molecular weight excluding hydrogens is 420 g/mol. The van der Waals surface area contributed by atoms with Crippen LogP contribution in [0.5, 0.6) is 11.5 Å². The molecule has 1 atom stereocenters. The van der Waals surface area contributed by atoms with Gasteiger partial charge in [0.1, 0.15) is 5.82 Å². The van der Waals surface area contributed by atoms with E-state index in [1.807, 2.05) is 37.3 Å². The summed E-state index contributed by atoms with van der Waals surface area (Å²) >= 11 is 0. The maximum absolute atomic E-state index is 12.8. The number of aromatic nitrogens is 4. The van der Waals surface area contributed by atoms with Crippen molar-refractivity contribution in [1.82, 2.24) is 20.0 Å². The maximum atomic E-state index is 12.8. The van der Waals surface area contributed by atoms with Crippen LogP contribution in [0.15, 0.2) is 30.3 Å². The summed E-state index contributed by atoms with van der Waals surface area (Å²) in [5.41, 5.74) is 2.66. The molecule has 1 unspecified atom stereocenters. The Labute approximate surface area is 192 Å². The average Bonchev–Trinajstić information content (AvgIpc) is 3.19. The zero-order valence-corrected chi connectivity index (χ0v) is 19.2. The quantitative estimate of drug-likeness (QED) is 0.639. The lowest BCUT2D eigenvalue weighted by atomic mass is 9.85. The molecule has 2 aliphatic heterocycles. The third kappa shape index (κ3) is 3.77. The van der Waals surface area contributed by atoms with Crippen LogP contribution in [0.2, 0.25) is 0 Å². The molecular formula is C24H28N6O3. The molecule has 1 N–H and O–H groups in total. The molecule has 0 saturated carbocycles. The van der Waals surface area contributed by atoms with Crippen LogP contribution in [0.1, 0.15) is 48.4 Å². The van der Waals surface area contributed by atoms with Crippen molar-refractivity contribution in [3.05, 3.63) is 47.2 Å². The van der Waals surface area contributed by atoms with E-state index in [4.69, 9.17) is 14.6 Å². The third-order valence-corrected chi connectivity index (χ3v) is 6.44. The predicted molar refractivity (Wildman–Crippen MR) is 125 cm³/mol. The zero-order chi connectivity index (χ0) is 22.9. The molecule has 172 valence electrons. The second-order valence-electron chi connectivity index (χ2n) is 8.44. The van der Waals surface area contributed by atoms with Gasteiger partial charge in [-0.1, -0.05) is 12.1 Å². The van der Waals surface area contributed by atoms with Gasteiger partial charge in [0.25, 0.3) is 0 Å². The number of carbonyl (C=O) groups excluding carboxylic acids is 1. The molecule has 1 fully saturated rings. The molecule has 0 radical (unpaired) electrons. The fraction of sp³-hybridized carbons (Fsp3) is 0.417. The first-order valence-electron chi connectivity index (χ1n) is 11.3. The highest BCUT2D eigenvalue weighted by Crippen LogP contribution is 2.45. The third-order valence-electron chi connectivity index (χ3n) is 6.44. The van der Waals surface area contributed by atoms with Crippen molar-refractivity contribution in [1.29, 1.82) is 0 Å². The van der Waals surface area contributed by atoms with Crippen molar-refractivity contribution in [3.8, 4) is 17.3 Å². The number of para-hydroxylation sites is 1. The van der Waals surface area contributed by atoms with E-state index in [9.17, 15) is 4.79 Å². The summed E-state index contributed by atoms with van der Waals surface area (Å²) < 4.78 is 12.8.